The number of hydrogen-bond acceptors (Lipinski definition) is 6. The summed E-state index contributed by atoms with van der Waals surface area (Å²) in [6.07, 6.45) is 5.93. The zero-order chi connectivity index (χ0) is 24.8. The molecule has 2 aliphatic carbocycles. The van der Waals surface area contributed by atoms with Gasteiger partial charge in [-0.2, -0.15) is 0 Å². The van der Waals surface area contributed by atoms with Crippen molar-refractivity contribution in [2.75, 3.05) is 17.6 Å². The molecule has 3 aliphatic rings. The Morgan fingerprint density at radius 1 is 1.18 bits per heavy atom. The summed E-state index contributed by atoms with van der Waals surface area (Å²) in [5.74, 6) is 1.40. The molecule has 0 radical (unpaired) electrons. The number of Topliss-reactive ketones (excluding diaryl/α,β-unsaturated/α-hetero) is 1. The third-order valence-corrected chi connectivity index (χ3v) is 9.83. The van der Waals surface area contributed by atoms with Crippen LogP contribution < -0.4 is 9.77 Å². The van der Waals surface area contributed by atoms with E-state index in [4.69, 9.17) is 13.7 Å². The predicted molar refractivity (Wildman–Crippen MR) is 133 cm³/mol. The SMILES string of the molecule is CCC(=O)c1c(C23CCCC2C3)oc2cc(N(C)S(C)(=O)=O)c(B3OC(C)(C)C(C)(C)O3)cc12. The summed E-state index contributed by atoms with van der Waals surface area (Å²) in [4.78, 5) is 13.2. The van der Waals surface area contributed by atoms with Crippen molar-refractivity contribution in [1.82, 2.24) is 0 Å². The molecule has 1 aliphatic heterocycles. The number of hydrogen-bond donors (Lipinski definition) is 0. The molecule has 0 spiro atoms. The largest absolute Gasteiger partial charge is 0.497 e. The Morgan fingerprint density at radius 3 is 2.32 bits per heavy atom. The quantitative estimate of drug-likeness (QED) is 0.449. The van der Waals surface area contributed by atoms with Gasteiger partial charge in [-0.05, 0) is 58.9 Å². The van der Waals surface area contributed by atoms with Gasteiger partial charge in [0.15, 0.2) is 5.78 Å². The van der Waals surface area contributed by atoms with Crippen LogP contribution in [0.5, 0.6) is 0 Å². The van der Waals surface area contributed by atoms with E-state index in [1.54, 1.807) is 6.07 Å². The van der Waals surface area contributed by atoms with Crippen LogP contribution in [0.1, 0.15) is 82.8 Å². The fraction of sp³-hybridized carbons (Fsp3) is 0.640. The summed E-state index contributed by atoms with van der Waals surface area (Å²) in [5.41, 5.74) is 0.945. The lowest BCUT2D eigenvalue weighted by atomic mass is 9.76. The van der Waals surface area contributed by atoms with Crippen LogP contribution in [0.15, 0.2) is 16.5 Å². The van der Waals surface area contributed by atoms with Crippen LogP contribution in [0.4, 0.5) is 5.69 Å². The smallest absolute Gasteiger partial charge is 0.460 e. The van der Waals surface area contributed by atoms with Crippen molar-refractivity contribution in [3.63, 3.8) is 0 Å². The Kier molecular flexibility index (Phi) is 5.16. The summed E-state index contributed by atoms with van der Waals surface area (Å²) in [5, 5.41) is 0.712. The van der Waals surface area contributed by atoms with Gasteiger partial charge in [-0.3, -0.25) is 9.10 Å². The van der Waals surface area contributed by atoms with E-state index in [9.17, 15) is 13.2 Å². The number of rotatable bonds is 6. The molecule has 9 heteroatoms. The van der Waals surface area contributed by atoms with Crippen LogP contribution in [-0.2, 0) is 24.7 Å². The topological polar surface area (TPSA) is 86.1 Å². The van der Waals surface area contributed by atoms with Crippen molar-refractivity contribution < 1.29 is 26.9 Å². The Morgan fingerprint density at radius 2 is 1.82 bits per heavy atom. The second kappa shape index (κ2) is 7.34. The normalized spacial score (nSPS) is 27.3. The molecule has 2 unspecified atom stereocenters. The Labute approximate surface area is 202 Å². The number of fused-ring (bicyclic) bond motifs is 2. The maximum atomic E-state index is 13.2. The van der Waals surface area contributed by atoms with Crippen molar-refractivity contribution in [3.8, 4) is 0 Å². The molecule has 2 aromatic rings. The summed E-state index contributed by atoms with van der Waals surface area (Å²) in [6, 6.07) is 3.59. The number of furan rings is 1. The third-order valence-electron chi connectivity index (χ3n) is 8.64. The molecule has 5 rings (SSSR count). The number of ketones is 1. The van der Waals surface area contributed by atoms with E-state index in [-0.39, 0.29) is 11.2 Å². The summed E-state index contributed by atoms with van der Waals surface area (Å²) in [6.45, 7) is 9.70. The molecule has 1 aromatic carbocycles. The number of nitrogens with zero attached hydrogens (tertiary/aromatic N) is 1. The van der Waals surface area contributed by atoms with Crippen LogP contribution in [0.2, 0.25) is 0 Å². The van der Waals surface area contributed by atoms with Gasteiger partial charge in [-0.25, -0.2) is 8.42 Å². The van der Waals surface area contributed by atoms with E-state index in [1.165, 1.54) is 11.4 Å². The van der Waals surface area contributed by atoms with Gasteiger partial charge < -0.3 is 13.7 Å². The molecule has 1 saturated heterocycles. The molecule has 3 fully saturated rings. The van der Waals surface area contributed by atoms with Crippen molar-refractivity contribution in [1.29, 1.82) is 0 Å². The monoisotopic (exact) mass is 487 g/mol. The minimum Gasteiger partial charge on any atom is -0.460 e. The third kappa shape index (κ3) is 3.38. The van der Waals surface area contributed by atoms with Gasteiger partial charge in [0.25, 0.3) is 0 Å². The van der Waals surface area contributed by atoms with Gasteiger partial charge >= 0.3 is 7.12 Å². The lowest BCUT2D eigenvalue weighted by Crippen LogP contribution is -2.41. The van der Waals surface area contributed by atoms with Gasteiger partial charge in [-0.15, -0.1) is 0 Å². The average Bonchev–Trinajstić information content (AvgIpc) is 3.02. The van der Waals surface area contributed by atoms with E-state index in [2.05, 4.69) is 0 Å². The molecule has 34 heavy (non-hydrogen) atoms. The predicted octanol–water partition coefficient (Wildman–Crippen LogP) is 4.16. The lowest BCUT2D eigenvalue weighted by Gasteiger charge is -2.32. The Bertz CT molecular complexity index is 1280. The summed E-state index contributed by atoms with van der Waals surface area (Å²) >= 11 is 0. The minimum absolute atomic E-state index is 0.0461. The Hall–Kier alpha value is -1.84. The van der Waals surface area contributed by atoms with E-state index in [0.29, 0.717) is 40.0 Å². The molecule has 184 valence electrons. The highest BCUT2D eigenvalue weighted by Crippen LogP contribution is 2.65. The maximum Gasteiger partial charge on any atom is 0.497 e. The molecule has 0 amide bonds. The molecule has 2 heterocycles. The van der Waals surface area contributed by atoms with Crippen molar-refractivity contribution in [2.24, 2.45) is 5.92 Å². The second-order valence-electron chi connectivity index (χ2n) is 11.3. The van der Waals surface area contributed by atoms with Crippen LogP contribution >= 0.6 is 0 Å². The van der Waals surface area contributed by atoms with E-state index < -0.39 is 28.3 Å². The standard InChI is InChI=1S/C25H34BNO6S/c1-8-19(28)21-16-12-17(26-32-23(2,3)24(4,5)33-26)18(27(6)34(7,29)30)13-20(16)31-22(21)25-11-9-10-15(25)14-25/h12-13,15H,8-11,14H2,1-7H3. The van der Waals surface area contributed by atoms with E-state index in [1.807, 2.05) is 40.7 Å². The number of benzene rings is 1. The molecule has 0 bridgehead atoms. The zero-order valence-corrected chi connectivity index (χ0v) is 22.0. The first kappa shape index (κ1) is 23.9. The fourth-order valence-corrected chi connectivity index (χ4v) is 6.20. The number of sulfonamides is 1. The Balaban J connectivity index is 1.75. The lowest BCUT2D eigenvalue weighted by molar-refractivity contribution is 0.00578. The van der Waals surface area contributed by atoms with Crippen molar-refractivity contribution in [3.05, 3.63) is 23.5 Å². The second-order valence-corrected chi connectivity index (χ2v) is 13.3. The van der Waals surface area contributed by atoms with Gasteiger partial charge in [-0.1, -0.05) is 13.3 Å². The van der Waals surface area contributed by atoms with Gasteiger partial charge in [0, 0.05) is 35.8 Å². The van der Waals surface area contributed by atoms with Crippen molar-refractivity contribution >= 4 is 45.0 Å². The first-order valence-electron chi connectivity index (χ1n) is 12.2. The highest BCUT2D eigenvalue weighted by molar-refractivity contribution is 7.92. The molecule has 2 saturated carbocycles. The van der Waals surface area contributed by atoms with Crippen LogP contribution in [-0.4, -0.2) is 45.8 Å². The molecule has 0 N–H and O–H groups in total. The first-order valence-corrected chi connectivity index (χ1v) is 14.0. The van der Waals surface area contributed by atoms with Crippen LogP contribution in [0.3, 0.4) is 0 Å². The molecule has 2 atom stereocenters. The number of carbonyl (C=O) groups excluding carboxylic acids is 1. The summed E-state index contributed by atoms with van der Waals surface area (Å²) in [7, 11) is -2.83. The highest BCUT2D eigenvalue weighted by atomic mass is 32.2. The molecular weight excluding hydrogens is 453 g/mol. The highest BCUT2D eigenvalue weighted by Gasteiger charge is 2.61. The molecule has 1 aromatic heterocycles. The van der Waals surface area contributed by atoms with Crippen molar-refractivity contribution in [2.45, 2.75) is 83.3 Å². The minimum atomic E-state index is -3.56. The van der Waals surface area contributed by atoms with Gasteiger partial charge in [0.05, 0.1) is 28.7 Å². The first-order chi connectivity index (χ1) is 15.7. The number of anilines is 1. The zero-order valence-electron chi connectivity index (χ0n) is 21.1. The van der Waals surface area contributed by atoms with Gasteiger partial charge in [0.2, 0.25) is 10.0 Å². The van der Waals surface area contributed by atoms with Crippen LogP contribution in [0.25, 0.3) is 11.0 Å². The maximum absolute atomic E-state index is 13.2. The average molecular weight is 487 g/mol. The molecular formula is C25H34BNO6S. The van der Waals surface area contributed by atoms with E-state index in [0.717, 1.165) is 37.7 Å². The molecule has 7 nitrogen and oxygen atoms in total. The fourth-order valence-electron chi connectivity index (χ4n) is 5.68. The van der Waals surface area contributed by atoms with Gasteiger partial charge in [0.1, 0.15) is 11.3 Å². The van der Waals surface area contributed by atoms with E-state index >= 15 is 0 Å². The summed E-state index contributed by atoms with van der Waals surface area (Å²) < 4.78 is 45.4. The number of carbonyl (C=O) groups is 1. The van der Waals surface area contributed by atoms with Crippen LogP contribution in [0, 0.1) is 5.92 Å².